The van der Waals surface area contributed by atoms with Crippen molar-refractivity contribution in [2.45, 2.75) is 58.9 Å². The van der Waals surface area contributed by atoms with Gasteiger partial charge < -0.3 is 10.1 Å². The van der Waals surface area contributed by atoms with Gasteiger partial charge in [-0.2, -0.15) is 0 Å². The highest BCUT2D eigenvalue weighted by Crippen LogP contribution is 2.23. The van der Waals surface area contributed by atoms with Gasteiger partial charge in [0.15, 0.2) is 6.61 Å². The first-order valence-electron chi connectivity index (χ1n) is 8.57. The Morgan fingerprint density at radius 3 is 2.64 bits per heavy atom. The number of amides is 1. The quantitative estimate of drug-likeness (QED) is 0.301. The van der Waals surface area contributed by atoms with E-state index in [1.807, 2.05) is 6.92 Å². The van der Waals surface area contributed by atoms with Crippen LogP contribution in [0.2, 0.25) is 0 Å². The fraction of sp³-hybridized carbons (Fsp3) is 0.556. The number of aryl methyl sites for hydroxylation is 1. The van der Waals surface area contributed by atoms with Gasteiger partial charge in [0.2, 0.25) is 0 Å². The molecule has 0 aliphatic rings. The number of rotatable bonds is 10. The number of nitrogens with zero attached hydrogens (tertiary/aromatic N) is 1. The number of para-hydroxylation sites is 1. The molecular formula is C18H26N2O5. The molecule has 0 spiro atoms. The molecule has 1 aromatic rings. The lowest BCUT2D eigenvalue weighted by molar-refractivity contribution is -0.385. The summed E-state index contributed by atoms with van der Waals surface area (Å²) in [6.45, 7) is 5.13. The van der Waals surface area contributed by atoms with Crippen LogP contribution >= 0.6 is 0 Å². The van der Waals surface area contributed by atoms with Crippen LogP contribution in [0, 0.1) is 17.0 Å². The van der Waals surface area contributed by atoms with Crippen molar-refractivity contribution >= 4 is 17.6 Å². The summed E-state index contributed by atoms with van der Waals surface area (Å²) in [5.74, 6) is -1.28. The summed E-state index contributed by atoms with van der Waals surface area (Å²) in [5, 5.41) is 13.9. The van der Waals surface area contributed by atoms with Crippen LogP contribution in [-0.4, -0.2) is 29.4 Å². The van der Waals surface area contributed by atoms with E-state index in [9.17, 15) is 19.7 Å². The van der Waals surface area contributed by atoms with Gasteiger partial charge in [0.25, 0.3) is 11.6 Å². The molecule has 0 unspecified atom stereocenters. The fourth-order valence-corrected chi connectivity index (χ4v) is 2.54. The average molecular weight is 350 g/mol. The molecule has 0 aliphatic heterocycles. The molecule has 1 aromatic carbocycles. The molecular weight excluding hydrogens is 324 g/mol. The number of nitro benzene ring substituents is 1. The number of nitrogens with one attached hydrogen (secondary N) is 1. The van der Waals surface area contributed by atoms with Crippen molar-refractivity contribution in [3.63, 3.8) is 0 Å². The second-order valence-corrected chi connectivity index (χ2v) is 6.12. The summed E-state index contributed by atoms with van der Waals surface area (Å²) in [4.78, 5) is 34.4. The Kier molecular flexibility index (Phi) is 8.60. The number of ether oxygens (including phenoxy) is 1. The number of benzene rings is 1. The van der Waals surface area contributed by atoms with E-state index >= 15 is 0 Å². The van der Waals surface area contributed by atoms with Gasteiger partial charge in [0.1, 0.15) is 5.56 Å². The van der Waals surface area contributed by atoms with Gasteiger partial charge in [-0.1, -0.05) is 44.7 Å². The summed E-state index contributed by atoms with van der Waals surface area (Å²) in [5.41, 5.74) is -0.0767. The highest BCUT2D eigenvalue weighted by molar-refractivity contribution is 5.95. The van der Waals surface area contributed by atoms with E-state index in [1.54, 1.807) is 13.0 Å². The minimum atomic E-state index is -0.874. The van der Waals surface area contributed by atoms with E-state index in [4.69, 9.17) is 4.74 Å². The van der Waals surface area contributed by atoms with Crippen LogP contribution in [0.15, 0.2) is 18.2 Å². The molecule has 25 heavy (non-hydrogen) atoms. The average Bonchev–Trinajstić information content (AvgIpc) is 2.56. The molecule has 0 heterocycles. The number of nitro groups is 1. The van der Waals surface area contributed by atoms with E-state index in [0.717, 1.165) is 25.7 Å². The smallest absolute Gasteiger partial charge is 0.345 e. The van der Waals surface area contributed by atoms with Crippen molar-refractivity contribution in [2.24, 2.45) is 0 Å². The van der Waals surface area contributed by atoms with Crippen LogP contribution in [0.5, 0.6) is 0 Å². The molecule has 0 radical (unpaired) electrons. The van der Waals surface area contributed by atoms with Crippen LogP contribution in [-0.2, 0) is 9.53 Å². The third-order valence-electron chi connectivity index (χ3n) is 3.87. The molecule has 1 rings (SSSR count). The molecule has 1 N–H and O–H groups in total. The Bertz CT molecular complexity index is 615. The number of hydrogen-bond acceptors (Lipinski definition) is 5. The Morgan fingerprint density at radius 2 is 2.00 bits per heavy atom. The number of hydrogen-bond donors (Lipinski definition) is 1. The molecule has 0 fully saturated rings. The molecule has 7 nitrogen and oxygen atoms in total. The van der Waals surface area contributed by atoms with Gasteiger partial charge in [-0.05, 0) is 26.3 Å². The lowest BCUT2D eigenvalue weighted by Gasteiger charge is -2.14. The first-order valence-corrected chi connectivity index (χ1v) is 8.57. The third kappa shape index (κ3) is 6.91. The molecule has 1 atom stereocenters. The van der Waals surface area contributed by atoms with Crippen LogP contribution in [0.4, 0.5) is 5.69 Å². The number of esters is 1. The molecule has 0 aromatic heterocycles. The maximum absolute atomic E-state index is 12.0. The molecule has 7 heteroatoms. The van der Waals surface area contributed by atoms with Crippen molar-refractivity contribution in [2.75, 3.05) is 6.61 Å². The monoisotopic (exact) mass is 350 g/mol. The maximum Gasteiger partial charge on any atom is 0.345 e. The molecule has 1 amide bonds. The van der Waals surface area contributed by atoms with Crippen molar-refractivity contribution < 1.29 is 19.2 Å². The Hall–Kier alpha value is -2.44. The number of carbonyl (C=O) groups is 2. The normalized spacial score (nSPS) is 11.6. The standard InChI is InChI=1S/C18H26N2O5/c1-4-5-6-7-10-14(3)19-16(21)12-25-18(22)15-11-8-9-13(2)17(15)20(23)24/h8-9,11,14H,4-7,10,12H2,1-3H3,(H,19,21)/t14-/m0/s1. The van der Waals surface area contributed by atoms with Gasteiger partial charge in [0, 0.05) is 11.6 Å². The van der Waals surface area contributed by atoms with E-state index in [-0.39, 0.29) is 17.3 Å². The first-order chi connectivity index (χ1) is 11.9. The van der Waals surface area contributed by atoms with E-state index in [0.29, 0.717) is 5.56 Å². The second kappa shape index (κ2) is 10.4. The minimum absolute atomic E-state index is 0.00337. The first kappa shape index (κ1) is 20.6. The zero-order chi connectivity index (χ0) is 18.8. The number of unbranched alkanes of at least 4 members (excludes halogenated alkanes) is 3. The predicted molar refractivity (Wildman–Crippen MR) is 94.5 cm³/mol. The van der Waals surface area contributed by atoms with E-state index < -0.39 is 23.4 Å². The highest BCUT2D eigenvalue weighted by atomic mass is 16.6. The van der Waals surface area contributed by atoms with E-state index in [1.165, 1.54) is 18.6 Å². The Morgan fingerprint density at radius 1 is 1.28 bits per heavy atom. The predicted octanol–water partition coefficient (Wildman–Crippen LogP) is 3.54. The summed E-state index contributed by atoms with van der Waals surface area (Å²) in [7, 11) is 0. The lowest BCUT2D eigenvalue weighted by Crippen LogP contribution is -2.35. The molecule has 138 valence electrons. The van der Waals surface area contributed by atoms with Crippen molar-refractivity contribution in [1.29, 1.82) is 0 Å². The van der Waals surface area contributed by atoms with Crippen LogP contribution in [0.1, 0.15) is 61.9 Å². The summed E-state index contributed by atoms with van der Waals surface area (Å²) in [6.07, 6.45) is 5.35. The summed E-state index contributed by atoms with van der Waals surface area (Å²) >= 11 is 0. The minimum Gasteiger partial charge on any atom is -0.452 e. The molecule has 0 saturated heterocycles. The second-order valence-electron chi connectivity index (χ2n) is 6.12. The molecule has 0 saturated carbocycles. The van der Waals surface area contributed by atoms with Gasteiger partial charge in [-0.25, -0.2) is 4.79 Å². The zero-order valence-corrected chi connectivity index (χ0v) is 15.0. The fourth-order valence-electron chi connectivity index (χ4n) is 2.54. The van der Waals surface area contributed by atoms with Gasteiger partial charge >= 0.3 is 5.97 Å². The molecule has 0 aliphatic carbocycles. The topological polar surface area (TPSA) is 98.5 Å². The van der Waals surface area contributed by atoms with Crippen LogP contribution in [0.3, 0.4) is 0 Å². The number of carbonyl (C=O) groups excluding carboxylic acids is 2. The van der Waals surface area contributed by atoms with Gasteiger partial charge in [0.05, 0.1) is 4.92 Å². The van der Waals surface area contributed by atoms with Crippen molar-refractivity contribution in [3.05, 3.63) is 39.4 Å². The van der Waals surface area contributed by atoms with Crippen molar-refractivity contribution in [1.82, 2.24) is 5.32 Å². The zero-order valence-electron chi connectivity index (χ0n) is 15.0. The largest absolute Gasteiger partial charge is 0.452 e. The Balaban J connectivity index is 2.50. The summed E-state index contributed by atoms with van der Waals surface area (Å²) in [6, 6.07) is 4.40. The highest BCUT2D eigenvalue weighted by Gasteiger charge is 2.24. The maximum atomic E-state index is 12.0. The third-order valence-corrected chi connectivity index (χ3v) is 3.87. The Labute approximate surface area is 147 Å². The molecule has 0 bridgehead atoms. The van der Waals surface area contributed by atoms with Crippen molar-refractivity contribution in [3.8, 4) is 0 Å². The summed E-state index contributed by atoms with van der Waals surface area (Å²) < 4.78 is 4.92. The van der Waals surface area contributed by atoms with Gasteiger partial charge in [-0.3, -0.25) is 14.9 Å². The van der Waals surface area contributed by atoms with E-state index in [2.05, 4.69) is 12.2 Å². The van der Waals surface area contributed by atoms with Crippen LogP contribution in [0.25, 0.3) is 0 Å². The van der Waals surface area contributed by atoms with Crippen LogP contribution < -0.4 is 5.32 Å². The lowest BCUT2D eigenvalue weighted by atomic mass is 10.1. The SMILES string of the molecule is CCCCCC[C@H](C)NC(=O)COC(=O)c1cccc(C)c1[N+](=O)[O-]. The van der Waals surface area contributed by atoms with Gasteiger partial charge in [-0.15, -0.1) is 0 Å².